The van der Waals surface area contributed by atoms with Gasteiger partial charge in [-0.25, -0.2) is 4.68 Å². The van der Waals surface area contributed by atoms with E-state index in [1.807, 2.05) is 6.07 Å². The molecule has 36 heavy (non-hydrogen) atoms. The molecule has 7 heteroatoms. The molecule has 0 radical (unpaired) electrons. The standard InChI is InChI=1S/C29H36N6O/c1-5-27(28-31-32-33-35(28)24-8-6-7-9-24)34(17-22-12-10-19(2)11-13-22)18-23-16-25-21(4)14-20(3)15-26(25)30-29(23)36/h10-16,24,27H,5-9,17-18H2,1-4H3,(H,30,36)/t27-/m0/s1. The second-order valence-electron chi connectivity index (χ2n) is 10.4. The van der Waals surface area contributed by atoms with Crippen LogP contribution in [0.25, 0.3) is 10.9 Å². The van der Waals surface area contributed by atoms with Crippen LogP contribution in [0.1, 0.15) is 84.8 Å². The van der Waals surface area contributed by atoms with E-state index in [0.29, 0.717) is 19.1 Å². The van der Waals surface area contributed by atoms with E-state index in [2.05, 4.69) is 94.2 Å². The predicted molar refractivity (Wildman–Crippen MR) is 143 cm³/mol. The minimum Gasteiger partial charge on any atom is -0.322 e. The monoisotopic (exact) mass is 484 g/mol. The van der Waals surface area contributed by atoms with Crippen LogP contribution in [0.4, 0.5) is 0 Å². The number of nitrogens with zero attached hydrogens (tertiary/aromatic N) is 5. The maximum absolute atomic E-state index is 13.2. The summed E-state index contributed by atoms with van der Waals surface area (Å²) in [6, 6.07) is 15.3. The fourth-order valence-electron chi connectivity index (χ4n) is 5.69. The number of pyridine rings is 1. The van der Waals surface area contributed by atoms with Crippen LogP contribution in [-0.4, -0.2) is 30.1 Å². The number of H-pyrrole nitrogens is 1. The summed E-state index contributed by atoms with van der Waals surface area (Å²) in [5.74, 6) is 0.903. The van der Waals surface area contributed by atoms with Crippen LogP contribution in [0.15, 0.2) is 47.3 Å². The van der Waals surface area contributed by atoms with Gasteiger partial charge in [-0.15, -0.1) is 5.10 Å². The zero-order valence-electron chi connectivity index (χ0n) is 21.8. The fraction of sp³-hybridized carbons (Fsp3) is 0.448. The topological polar surface area (TPSA) is 79.7 Å². The van der Waals surface area contributed by atoms with Gasteiger partial charge in [0.05, 0.1) is 12.1 Å². The molecule has 1 aliphatic rings. The van der Waals surface area contributed by atoms with Crippen LogP contribution < -0.4 is 5.56 Å². The molecule has 0 aliphatic heterocycles. The highest BCUT2D eigenvalue weighted by atomic mass is 16.1. The van der Waals surface area contributed by atoms with Crippen molar-refractivity contribution in [2.24, 2.45) is 0 Å². The summed E-state index contributed by atoms with van der Waals surface area (Å²) in [5, 5.41) is 14.1. The summed E-state index contributed by atoms with van der Waals surface area (Å²) >= 11 is 0. The third-order valence-electron chi connectivity index (χ3n) is 7.58. The van der Waals surface area contributed by atoms with Crippen molar-refractivity contribution in [1.82, 2.24) is 30.1 Å². The molecule has 0 saturated heterocycles. The summed E-state index contributed by atoms with van der Waals surface area (Å²) in [4.78, 5) is 18.7. The highest BCUT2D eigenvalue weighted by Gasteiger charge is 2.29. The van der Waals surface area contributed by atoms with Crippen LogP contribution >= 0.6 is 0 Å². The molecule has 7 nitrogen and oxygen atoms in total. The Balaban J connectivity index is 1.55. The molecule has 0 spiro atoms. The first kappa shape index (κ1) is 24.4. The Morgan fingerprint density at radius 2 is 1.78 bits per heavy atom. The number of tetrazole rings is 1. The third-order valence-corrected chi connectivity index (χ3v) is 7.58. The molecule has 0 bridgehead atoms. The number of hydrogen-bond acceptors (Lipinski definition) is 5. The molecule has 2 heterocycles. The van der Waals surface area contributed by atoms with Crippen molar-refractivity contribution in [1.29, 1.82) is 0 Å². The zero-order chi connectivity index (χ0) is 25.2. The molecular formula is C29H36N6O. The average Bonchev–Trinajstić information content (AvgIpc) is 3.54. The lowest BCUT2D eigenvalue weighted by molar-refractivity contribution is 0.158. The molecule has 1 atom stereocenters. The summed E-state index contributed by atoms with van der Waals surface area (Å²) in [5.41, 5.74) is 6.39. The molecule has 188 valence electrons. The fourth-order valence-corrected chi connectivity index (χ4v) is 5.69. The van der Waals surface area contributed by atoms with Gasteiger partial charge in [0.1, 0.15) is 0 Å². The van der Waals surface area contributed by atoms with Crippen molar-refractivity contribution < 1.29 is 0 Å². The van der Waals surface area contributed by atoms with Gasteiger partial charge < -0.3 is 4.98 Å². The minimum atomic E-state index is -0.0355. The first-order chi connectivity index (χ1) is 17.4. The van der Waals surface area contributed by atoms with Crippen molar-refractivity contribution in [3.8, 4) is 0 Å². The van der Waals surface area contributed by atoms with Gasteiger partial charge in [0.2, 0.25) is 0 Å². The number of benzene rings is 2. The van der Waals surface area contributed by atoms with E-state index in [0.717, 1.165) is 47.1 Å². The van der Waals surface area contributed by atoms with Gasteiger partial charge in [-0.05, 0) is 79.3 Å². The van der Waals surface area contributed by atoms with Crippen molar-refractivity contribution in [3.05, 3.63) is 86.5 Å². The third kappa shape index (κ3) is 4.98. The van der Waals surface area contributed by atoms with Gasteiger partial charge in [0.15, 0.2) is 5.82 Å². The van der Waals surface area contributed by atoms with Crippen molar-refractivity contribution in [3.63, 3.8) is 0 Å². The number of aryl methyl sites for hydroxylation is 3. The zero-order valence-corrected chi connectivity index (χ0v) is 21.8. The molecule has 0 amide bonds. The number of aromatic amines is 1. The Hall–Kier alpha value is -3.32. The molecule has 5 rings (SSSR count). The molecule has 4 aromatic rings. The maximum Gasteiger partial charge on any atom is 0.252 e. The average molecular weight is 485 g/mol. The van der Waals surface area contributed by atoms with Crippen LogP contribution in [0.5, 0.6) is 0 Å². The van der Waals surface area contributed by atoms with E-state index in [9.17, 15) is 4.79 Å². The molecule has 2 aromatic carbocycles. The number of nitrogens with one attached hydrogen (secondary N) is 1. The van der Waals surface area contributed by atoms with Crippen LogP contribution in [0.2, 0.25) is 0 Å². The second kappa shape index (κ2) is 10.3. The van der Waals surface area contributed by atoms with Crippen LogP contribution in [-0.2, 0) is 13.1 Å². The molecular weight excluding hydrogens is 448 g/mol. The van der Waals surface area contributed by atoms with Gasteiger partial charge in [-0.3, -0.25) is 9.69 Å². The van der Waals surface area contributed by atoms with Crippen molar-refractivity contribution in [2.45, 2.75) is 85.0 Å². The number of rotatable bonds is 8. The lowest BCUT2D eigenvalue weighted by Gasteiger charge is -2.31. The molecule has 1 aliphatic carbocycles. The molecule has 1 saturated carbocycles. The van der Waals surface area contributed by atoms with Crippen LogP contribution in [0, 0.1) is 20.8 Å². The van der Waals surface area contributed by atoms with E-state index in [1.165, 1.54) is 29.5 Å². The van der Waals surface area contributed by atoms with E-state index in [-0.39, 0.29) is 11.6 Å². The smallest absolute Gasteiger partial charge is 0.252 e. The van der Waals surface area contributed by atoms with E-state index in [1.54, 1.807) is 0 Å². The summed E-state index contributed by atoms with van der Waals surface area (Å²) in [7, 11) is 0. The molecule has 1 N–H and O–H groups in total. The maximum atomic E-state index is 13.2. The Morgan fingerprint density at radius 1 is 1.03 bits per heavy atom. The molecule has 1 fully saturated rings. The Kier molecular flexibility index (Phi) is 7.01. The molecule has 0 unspecified atom stereocenters. The lowest BCUT2D eigenvalue weighted by atomic mass is 10.0. The van der Waals surface area contributed by atoms with Gasteiger partial charge >= 0.3 is 0 Å². The van der Waals surface area contributed by atoms with Gasteiger partial charge in [0, 0.05) is 29.6 Å². The SMILES string of the molecule is CC[C@@H](c1nnnn1C1CCCC1)N(Cc1ccc(C)cc1)Cc1cc2c(C)cc(C)cc2[nH]c1=O. The Bertz CT molecular complexity index is 1400. The van der Waals surface area contributed by atoms with Crippen molar-refractivity contribution >= 4 is 10.9 Å². The normalized spacial score (nSPS) is 15.2. The number of aromatic nitrogens is 5. The van der Waals surface area contributed by atoms with Gasteiger partial charge in [0.25, 0.3) is 5.56 Å². The quantitative estimate of drug-likeness (QED) is 0.347. The summed E-state index contributed by atoms with van der Waals surface area (Å²) < 4.78 is 2.06. The number of fused-ring (bicyclic) bond motifs is 1. The highest BCUT2D eigenvalue weighted by molar-refractivity contribution is 5.83. The van der Waals surface area contributed by atoms with Gasteiger partial charge in [-0.2, -0.15) is 0 Å². The first-order valence-corrected chi connectivity index (χ1v) is 13.1. The largest absolute Gasteiger partial charge is 0.322 e. The van der Waals surface area contributed by atoms with Crippen LogP contribution in [0.3, 0.4) is 0 Å². The van der Waals surface area contributed by atoms with Crippen molar-refractivity contribution in [2.75, 3.05) is 0 Å². The summed E-state index contributed by atoms with van der Waals surface area (Å²) in [6.07, 6.45) is 5.53. The number of hydrogen-bond donors (Lipinski definition) is 1. The highest BCUT2D eigenvalue weighted by Crippen LogP contribution is 2.33. The molecule has 2 aromatic heterocycles. The second-order valence-corrected chi connectivity index (χ2v) is 10.4. The van der Waals surface area contributed by atoms with Gasteiger partial charge in [-0.1, -0.05) is 55.7 Å². The van der Waals surface area contributed by atoms with E-state index in [4.69, 9.17) is 0 Å². The lowest BCUT2D eigenvalue weighted by Crippen LogP contribution is -2.32. The van der Waals surface area contributed by atoms with E-state index >= 15 is 0 Å². The van der Waals surface area contributed by atoms with E-state index < -0.39 is 0 Å². The summed E-state index contributed by atoms with van der Waals surface area (Å²) in [6.45, 7) is 9.67. The Labute approximate surface area is 212 Å². The minimum absolute atomic E-state index is 0.00360. The Morgan fingerprint density at radius 3 is 2.50 bits per heavy atom. The first-order valence-electron chi connectivity index (χ1n) is 13.1. The predicted octanol–water partition coefficient (Wildman–Crippen LogP) is 5.71.